The smallest absolute Gasteiger partial charge is 0.247 e. The Morgan fingerprint density at radius 3 is 2.82 bits per heavy atom. The number of allylic oxidation sites excluding steroid dienone is 2. The van der Waals surface area contributed by atoms with Gasteiger partial charge in [-0.1, -0.05) is 35.6 Å². The van der Waals surface area contributed by atoms with Crippen LogP contribution in [0.1, 0.15) is 24.8 Å². The average Bonchev–Trinajstić information content (AvgIpc) is 3.61. The summed E-state index contributed by atoms with van der Waals surface area (Å²) < 4.78 is 12.5. The number of benzene rings is 2. The molecule has 1 N–H and O–H groups in total. The lowest BCUT2D eigenvalue weighted by Gasteiger charge is -2.37. The minimum Gasteiger partial charge on any atom is -0.454 e. The quantitative estimate of drug-likeness (QED) is 0.348. The number of carbonyl (C=O) groups is 2. The number of fused-ring (bicyclic) bond motifs is 2. The van der Waals surface area contributed by atoms with Crippen LogP contribution in [0.3, 0.4) is 0 Å². The van der Waals surface area contributed by atoms with Gasteiger partial charge in [-0.25, -0.2) is 4.68 Å². The minimum atomic E-state index is -0.720. The summed E-state index contributed by atoms with van der Waals surface area (Å²) in [6, 6.07) is 15.8. The predicted molar refractivity (Wildman–Crippen MR) is 144 cm³/mol. The molecule has 0 unspecified atom stereocenters. The molecule has 10 nitrogen and oxygen atoms in total. The molecule has 0 saturated heterocycles. The molecule has 0 saturated carbocycles. The molecule has 0 radical (unpaired) electrons. The third-order valence-corrected chi connectivity index (χ3v) is 7.10. The average molecular weight is 525 g/mol. The molecular formula is C29H28N6O4. The van der Waals surface area contributed by atoms with Gasteiger partial charge < -0.3 is 19.7 Å². The van der Waals surface area contributed by atoms with Gasteiger partial charge in [-0.15, -0.1) is 5.10 Å². The minimum absolute atomic E-state index is 0.0445. The first-order valence-corrected chi connectivity index (χ1v) is 13.0. The maximum absolute atomic E-state index is 14.0. The first-order valence-electron chi connectivity index (χ1n) is 13.0. The van der Waals surface area contributed by atoms with Crippen molar-refractivity contribution in [2.24, 2.45) is 5.92 Å². The molecule has 2 aromatic heterocycles. The van der Waals surface area contributed by atoms with Gasteiger partial charge in [-0.3, -0.25) is 14.6 Å². The number of ether oxygens (including phenoxy) is 2. The zero-order valence-corrected chi connectivity index (χ0v) is 21.3. The summed E-state index contributed by atoms with van der Waals surface area (Å²) in [6.45, 7) is 0.337. The Kier molecular flexibility index (Phi) is 6.90. The van der Waals surface area contributed by atoms with E-state index in [-0.39, 0.29) is 37.6 Å². The van der Waals surface area contributed by atoms with Gasteiger partial charge in [0.25, 0.3) is 0 Å². The molecular weight excluding hydrogens is 496 g/mol. The van der Waals surface area contributed by atoms with Gasteiger partial charge in [0.2, 0.25) is 18.6 Å². The first kappa shape index (κ1) is 24.6. The molecule has 10 heteroatoms. The van der Waals surface area contributed by atoms with Gasteiger partial charge in [0.05, 0.1) is 5.52 Å². The Labute approximate surface area is 225 Å². The van der Waals surface area contributed by atoms with E-state index in [0.717, 1.165) is 23.9 Å². The van der Waals surface area contributed by atoms with E-state index in [1.54, 1.807) is 40.2 Å². The molecule has 1 aliphatic heterocycles. The molecule has 4 aromatic rings. The Balaban J connectivity index is 1.33. The van der Waals surface area contributed by atoms with Gasteiger partial charge in [-0.2, -0.15) is 0 Å². The second-order valence-electron chi connectivity index (χ2n) is 9.67. The summed E-state index contributed by atoms with van der Waals surface area (Å²) in [5.41, 5.74) is 2.88. The monoisotopic (exact) mass is 524 g/mol. The maximum atomic E-state index is 14.0. The summed E-state index contributed by atoms with van der Waals surface area (Å²) in [7, 11) is 0. The number of nitrogens with zero attached hydrogens (tertiary/aromatic N) is 5. The molecule has 6 rings (SSSR count). The fourth-order valence-electron chi connectivity index (χ4n) is 5.19. The number of para-hydroxylation sites is 1. The van der Waals surface area contributed by atoms with Crippen LogP contribution < -0.4 is 14.8 Å². The Morgan fingerprint density at radius 2 is 1.97 bits per heavy atom. The Morgan fingerprint density at radius 1 is 1.08 bits per heavy atom. The van der Waals surface area contributed by atoms with Crippen molar-refractivity contribution in [1.29, 1.82) is 0 Å². The van der Waals surface area contributed by atoms with Gasteiger partial charge >= 0.3 is 0 Å². The van der Waals surface area contributed by atoms with E-state index in [0.29, 0.717) is 29.1 Å². The van der Waals surface area contributed by atoms with Crippen molar-refractivity contribution in [3.05, 3.63) is 84.7 Å². The molecule has 198 valence electrons. The molecule has 0 spiro atoms. The highest BCUT2D eigenvalue weighted by atomic mass is 16.7. The van der Waals surface area contributed by atoms with Crippen molar-refractivity contribution in [1.82, 2.24) is 24.9 Å². The van der Waals surface area contributed by atoms with Crippen molar-refractivity contribution in [3.63, 3.8) is 0 Å². The second kappa shape index (κ2) is 10.9. The number of pyridine rings is 1. The van der Waals surface area contributed by atoms with Gasteiger partial charge in [0, 0.05) is 30.7 Å². The molecule has 0 bridgehead atoms. The van der Waals surface area contributed by atoms with Crippen LogP contribution in [0, 0.1) is 5.92 Å². The van der Waals surface area contributed by atoms with E-state index in [9.17, 15) is 9.59 Å². The zero-order chi connectivity index (χ0) is 26.6. The van der Waals surface area contributed by atoms with Crippen molar-refractivity contribution < 1.29 is 19.1 Å². The molecule has 39 heavy (non-hydrogen) atoms. The number of nitrogens with one attached hydrogen (secondary N) is 1. The van der Waals surface area contributed by atoms with Crippen molar-refractivity contribution in [3.8, 4) is 11.5 Å². The molecule has 0 fully saturated rings. The van der Waals surface area contributed by atoms with Crippen LogP contribution in [0.25, 0.3) is 11.0 Å². The van der Waals surface area contributed by atoms with E-state index in [2.05, 4.69) is 32.8 Å². The first-order chi connectivity index (χ1) is 19.2. The lowest BCUT2D eigenvalue weighted by atomic mass is 9.85. The number of aromatic nitrogens is 4. The highest BCUT2D eigenvalue weighted by molar-refractivity contribution is 5.98. The van der Waals surface area contributed by atoms with E-state index < -0.39 is 6.04 Å². The Bertz CT molecular complexity index is 1520. The van der Waals surface area contributed by atoms with Crippen molar-refractivity contribution in [2.75, 3.05) is 12.1 Å². The summed E-state index contributed by atoms with van der Waals surface area (Å²) in [5, 5.41) is 11.4. The SMILES string of the molecule is O=C(Nc1ccc2c(c1)OCO2)[C@H]([C@H]1CC=CCC1)N(Cc1cccnc1)C(=O)Cn1nnc2ccccc21. The molecule has 2 atom stereocenters. The lowest BCUT2D eigenvalue weighted by molar-refractivity contribution is -0.142. The van der Waals surface area contributed by atoms with Crippen LogP contribution in [0.5, 0.6) is 11.5 Å². The van der Waals surface area contributed by atoms with Crippen LogP contribution in [-0.2, 0) is 22.7 Å². The number of carbonyl (C=O) groups excluding carboxylic acids is 2. The fraction of sp³-hybridized carbons (Fsp3) is 0.276. The second-order valence-corrected chi connectivity index (χ2v) is 9.67. The standard InChI is InChI=1S/C29H28N6O4/c36-27(18-35-24-11-5-4-10-23(24)32-33-35)34(17-20-7-6-14-30-16-20)28(21-8-2-1-3-9-21)29(37)31-22-12-13-25-26(15-22)39-19-38-25/h1-2,4-7,10-16,21,28H,3,8-9,17-19H2,(H,31,37)/t21-,28-/m0/s1. The third-order valence-electron chi connectivity index (χ3n) is 7.10. The topological polar surface area (TPSA) is 111 Å². The third kappa shape index (κ3) is 5.31. The van der Waals surface area contributed by atoms with E-state index in [4.69, 9.17) is 9.47 Å². The van der Waals surface area contributed by atoms with Crippen molar-refractivity contribution >= 4 is 28.5 Å². The van der Waals surface area contributed by atoms with Crippen LogP contribution >= 0.6 is 0 Å². The fourth-order valence-corrected chi connectivity index (χ4v) is 5.19. The lowest BCUT2D eigenvalue weighted by Crippen LogP contribution is -2.52. The summed E-state index contributed by atoms with van der Waals surface area (Å²) in [4.78, 5) is 33.9. The van der Waals surface area contributed by atoms with E-state index >= 15 is 0 Å². The maximum Gasteiger partial charge on any atom is 0.247 e. The van der Waals surface area contributed by atoms with Crippen molar-refractivity contribution in [2.45, 2.75) is 38.4 Å². The Hall–Kier alpha value is -4.73. The predicted octanol–water partition coefficient (Wildman–Crippen LogP) is 3.95. The number of hydrogen-bond donors (Lipinski definition) is 1. The number of anilines is 1. The molecule has 2 amide bonds. The van der Waals surface area contributed by atoms with E-state index in [1.807, 2.05) is 36.4 Å². The number of rotatable bonds is 8. The van der Waals surface area contributed by atoms with E-state index in [1.165, 1.54) is 0 Å². The summed E-state index contributed by atoms with van der Waals surface area (Å²) in [5.74, 6) is 0.670. The summed E-state index contributed by atoms with van der Waals surface area (Å²) >= 11 is 0. The number of amides is 2. The highest BCUT2D eigenvalue weighted by Gasteiger charge is 2.37. The van der Waals surface area contributed by atoms with Crippen LogP contribution in [0.4, 0.5) is 5.69 Å². The molecule has 2 aromatic carbocycles. The van der Waals surface area contributed by atoms with Gasteiger partial charge in [0.1, 0.15) is 18.1 Å². The van der Waals surface area contributed by atoms with Crippen LogP contribution in [0.2, 0.25) is 0 Å². The molecule has 1 aliphatic carbocycles. The van der Waals surface area contributed by atoms with Crippen LogP contribution in [0.15, 0.2) is 79.1 Å². The molecule has 2 aliphatic rings. The van der Waals surface area contributed by atoms with Gasteiger partial charge in [0.15, 0.2) is 11.5 Å². The largest absolute Gasteiger partial charge is 0.454 e. The van der Waals surface area contributed by atoms with Gasteiger partial charge in [-0.05, 0) is 61.1 Å². The highest BCUT2D eigenvalue weighted by Crippen LogP contribution is 2.35. The number of hydrogen-bond acceptors (Lipinski definition) is 7. The zero-order valence-electron chi connectivity index (χ0n) is 21.3. The normalized spacial score (nSPS) is 16.7. The molecule has 3 heterocycles. The van der Waals surface area contributed by atoms with Crippen LogP contribution in [-0.4, -0.2) is 49.5 Å². The summed E-state index contributed by atoms with van der Waals surface area (Å²) in [6.07, 6.45) is 9.96.